The number of nitrogens with one attached hydrogen (secondary N) is 1. The van der Waals surface area contributed by atoms with E-state index in [0.29, 0.717) is 27.0 Å². The SMILES string of the molecule is Nc1ccc(Cl)c(NC(=O)c2ccc(Cl)cc2)c1. The van der Waals surface area contributed by atoms with Crippen molar-refractivity contribution in [2.45, 2.75) is 0 Å². The summed E-state index contributed by atoms with van der Waals surface area (Å²) in [5.74, 6) is -0.265. The van der Waals surface area contributed by atoms with Gasteiger partial charge in [-0.3, -0.25) is 4.79 Å². The molecule has 18 heavy (non-hydrogen) atoms. The first-order chi connectivity index (χ1) is 8.56. The molecule has 3 nitrogen and oxygen atoms in total. The van der Waals surface area contributed by atoms with Crippen LogP contribution in [0, 0.1) is 0 Å². The molecule has 0 bridgehead atoms. The number of anilines is 2. The van der Waals surface area contributed by atoms with E-state index in [-0.39, 0.29) is 5.91 Å². The number of nitrogen functional groups attached to an aromatic ring is 1. The quantitative estimate of drug-likeness (QED) is 0.822. The summed E-state index contributed by atoms with van der Waals surface area (Å²) in [6, 6.07) is 11.5. The lowest BCUT2D eigenvalue weighted by atomic mass is 10.2. The third-order valence-corrected chi connectivity index (χ3v) is 2.93. The second-order valence-electron chi connectivity index (χ2n) is 3.70. The predicted octanol–water partition coefficient (Wildman–Crippen LogP) is 3.83. The number of carbonyl (C=O) groups is 1. The van der Waals surface area contributed by atoms with Crippen LogP contribution in [0.1, 0.15) is 10.4 Å². The van der Waals surface area contributed by atoms with Gasteiger partial charge in [0.1, 0.15) is 0 Å². The molecule has 0 aliphatic carbocycles. The van der Waals surface area contributed by atoms with Crippen molar-refractivity contribution in [2.75, 3.05) is 11.1 Å². The molecule has 2 aromatic rings. The van der Waals surface area contributed by atoms with Crippen LogP contribution in [0.2, 0.25) is 10.0 Å². The van der Waals surface area contributed by atoms with Gasteiger partial charge in [-0.1, -0.05) is 23.2 Å². The van der Waals surface area contributed by atoms with Crippen LogP contribution in [0.25, 0.3) is 0 Å². The van der Waals surface area contributed by atoms with E-state index in [9.17, 15) is 4.79 Å². The monoisotopic (exact) mass is 280 g/mol. The highest BCUT2D eigenvalue weighted by Gasteiger charge is 2.08. The standard InChI is InChI=1S/C13H10Cl2N2O/c14-9-3-1-8(2-4-9)13(18)17-12-7-10(16)5-6-11(12)15/h1-7H,16H2,(H,17,18). The normalized spacial score (nSPS) is 10.1. The maximum absolute atomic E-state index is 11.9. The summed E-state index contributed by atoms with van der Waals surface area (Å²) < 4.78 is 0. The van der Waals surface area contributed by atoms with Gasteiger partial charge in [0, 0.05) is 16.3 Å². The molecule has 2 aromatic carbocycles. The van der Waals surface area contributed by atoms with Crippen LogP contribution in [0.4, 0.5) is 11.4 Å². The summed E-state index contributed by atoms with van der Waals surface area (Å²) in [6.45, 7) is 0. The fourth-order valence-electron chi connectivity index (χ4n) is 1.43. The van der Waals surface area contributed by atoms with Gasteiger partial charge >= 0.3 is 0 Å². The number of halogens is 2. The van der Waals surface area contributed by atoms with E-state index >= 15 is 0 Å². The van der Waals surface area contributed by atoms with Gasteiger partial charge in [-0.25, -0.2) is 0 Å². The van der Waals surface area contributed by atoms with Gasteiger partial charge in [0.15, 0.2) is 0 Å². The Balaban J connectivity index is 2.21. The largest absolute Gasteiger partial charge is 0.399 e. The average Bonchev–Trinajstić information content (AvgIpc) is 2.34. The molecule has 0 unspecified atom stereocenters. The van der Waals surface area contributed by atoms with Crippen molar-refractivity contribution < 1.29 is 4.79 Å². The number of hydrogen-bond acceptors (Lipinski definition) is 2. The molecule has 0 aliphatic heterocycles. The number of nitrogens with two attached hydrogens (primary N) is 1. The van der Waals surface area contributed by atoms with E-state index in [1.807, 2.05) is 0 Å². The fourth-order valence-corrected chi connectivity index (χ4v) is 1.73. The van der Waals surface area contributed by atoms with Crippen molar-refractivity contribution in [1.29, 1.82) is 0 Å². The molecule has 0 heterocycles. The van der Waals surface area contributed by atoms with Gasteiger partial charge in [-0.2, -0.15) is 0 Å². The summed E-state index contributed by atoms with van der Waals surface area (Å²) in [6.07, 6.45) is 0. The number of benzene rings is 2. The molecule has 0 saturated carbocycles. The predicted molar refractivity (Wildman–Crippen MR) is 75.3 cm³/mol. The van der Waals surface area contributed by atoms with Crippen LogP contribution in [0.3, 0.4) is 0 Å². The van der Waals surface area contributed by atoms with Crippen molar-refractivity contribution in [3.8, 4) is 0 Å². The Morgan fingerprint density at radius 2 is 1.72 bits per heavy atom. The second kappa shape index (κ2) is 5.29. The highest BCUT2D eigenvalue weighted by molar-refractivity contribution is 6.34. The van der Waals surface area contributed by atoms with Crippen LogP contribution in [-0.4, -0.2) is 5.91 Å². The summed E-state index contributed by atoms with van der Waals surface area (Å²) >= 11 is 11.7. The fraction of sp³-hybridized carbons (Fsp3) is 0. The van der Waals surface area contributed by atoms with E-state index < -0.39 is 0 Å². The minimum Gasteiger partial charge on any atom is -0.399 e. The van der Waals surface area contributed by atoms with Gasteiger partial charge < -0.3 is 11.1 Å². The molecule has 0 aromatic heterocycles. The van der Waals surface area contributed by atoms with E-state index in [2.05, 4.69) is 5.32 Å². The number of rotatable bonds is 2. The Morgan fingerprint density at radius 3 is 2.39 bits per heavy atom. The Hall–Kier alpha value is -1.71. The summed E-state index contributed by atoms with van der Waals surface area (Å²) in [5.41, 5.74) is 7.15. The van der Waals surface area contributed by atoms with E-state index in [0.717, 1.165) is 0 Å². The van der Waals surface area contributed by atoms with Crippen LogP contribution >= 0.6 is 23.2 Å². The number of carbonyl (C=O) groups excluding carboxylic acids is 1. The molecule has 0 spiro atoms. The lowest BCUT2D eigenvalue weighted by molar-refractivity contribution is 0.102. The molecule has 92 valence electrons. The maximum atomic E-state index is 11.9. The second-order valence-corrected chi connectivity index (χ2v) is 4.54. The lowest BCUT2D eigenvalue weighted by Gasteiger charge is -2.08. The van der Waals surface area contributed by atoms with Crippen LogP contribution in [0.5, 0.6) is 0 Å². The first kappa shape index (κ1) is 12.7. The highest BCUT2D eigenvalue weighted by Crippen LogP contribution is 2.24. The topological polar surface area (TPSA) is 55.1 Å². The molecule has 0 radical (unpaired) electrons. The first-order valence-corrected chi connectivity index (χ1v) is 5.94. The highest BCUT2D eigenvalue weighted by atomic mass is 35.5. The van der Waals surface area contributed by atoms with Crippen molar-refractivity contribution in [1.82, 2.24) is 0 Å². The summed E-state index contributed by atoms with van der Waals surface area (Å²) in [5, 5.41) is 3.71. The van der Waals surface area contributed by atoms with Crippen LogP contribution in [0.15, 0.2) is 42.5 Å². The molecular weight excluding hydrogens is 271 g/mol. The molecule has 1 amide bonds. The van der Waals surface area contributed by atoms with Gasteiger partial charge in [0.2, 0.25) is 0 Å². The molecule has 0 atom stereocenters. The Labute approximate surface area is 115 Å². The van der Waals surface area contributed by atoms with Crippen LogP contribution in [-0.2, 0) is 0 Å². The van der Waals surface area contributed by atoms with Crippen molar-refractivity contribution in [2.24, 2.45) is 0 Å². The number of amides is 1. The zero-order valence-electron chi connectivity index (χ0n) is 9.28. The number of hydrogen-bond donors (Lipinski definition) is 2. The van der Waals surface area contributed by atoms with Crippen molar-refractivity contribution in [3.63, 3.8) is 0 Å². The third kappa shape index (κ3) is 2.94. The maximum Gasteiger partial charge on any atom is 0.255 e. The zero-order chi connectivity index (χ0) is 13.1. The van der Waals surface area contributed by atoms with Crippen molar-refractivity contribution >= 4 is 40.5 Å². The molecule has 0 aliphatic rings. The molecular formula is C13H10Cl2N2O. The van der Waals surface area contributed by atoms with Gasteiger partial charge in [0.25, 0.3) is 5.91 Å². The molecule has 0 saturated heterocycles. The summed E-state index contributed by atoms with van der Waals surface area (Å²) in [7, 11) is 0. The lowest BCUT2D eigenvalue weighted by Crippen LogP contribution is -2.12. The van der Waals surface area contributed by atoms with Gasteiger partial charge in [-0.15, -0.1) is 0 Å². The Kier molecular flexibility index (Phi) is 3.75. The minimum atomic E-state index is -0.265. The zero-order valence-corrected chi connectivity index (χ0v) is 10.8. The van der Waals surface area contributed by atoms with Gasteiger partial charge in [-0.05, 0) is 42.5 Å². The van der Waals surface area contributed by atoms with Crippen molar-refractivity contribution in [3.05, 3.63) is 58.1 Å². The first-order valence-electron chi connectivity index (χ1n) is 5.18. The molecule has 0 fully saturated rings. The van der Waals surface area contributed by atoms with E-state index in [1.165, 1.54) is 0 Å². The molecule has 3 N–H and O–H groups in total. The molecule has 5 heteroatoms. The minimum absolute atomic E-state index is 0.265. The van der Waals surface area contributed by atoms with E-state index in [4.69, 9.17) is 28.9 Å². The summed E-state index contributed by atoms with van der Waals surface area (Å²) in [4.78, 5) is 11.9. The third-order valence-electron chi connectivity index (χ3n) is 2.35. The smallest absolute Gasteiger partial charge is 0.255 e. The van der Waals surface area contributed by atoms with Gasteiger partial charge in [0.05, 0.1) is 10.7 Å². The van der Waals surface area contributed by atoms with Crippen LogP contribution < -0.4 is 11.1 Å². The molecule has 2 rings (SSSR count). The Morgan fingerprint density at radius 1 is 1.06 bits per heavy atom. The Bertz CT molecular complexity index is 582. The van der Waals surface area contributed by atoms with E-state index in [1.54, 1.807) is 42.5 Å². The average molecular weight is 281 g/mol.